The molecule has 162 valence electrons. The molecule has 0 heterocycles. The molecule has 0 fully saturated rings. The van der Waals surface area contributed by atoms with Gasteiger partial charge in [-0.1, -0.05) is 0 Å². The van der Waals surface area contributed by atoms with Crippen LogP contribution in [0.1, 0.15) is 32.3 Å². The van der Waals surface area contributed by atoms with Crippen LogP contribution in [-0.2, 0) is 25.7 Å². The van der Waals surface area contributed by atoms with E-state index in [4.69, 9.17) is 15.6 Å². The average molecular weight is 414 g/mol. The van der Waals surface area contributed by atoms with Gasteiger partial charge in [0.2, 0.25) is 11.5 Å². The molecule has 0 bridgehead atoms. The third-order valence-corrected chi connectivity index (χ3v) is 4.32. The second kappa shape index (κ2) is 10.2. The van der Waals surface area contributed by atoms with E-state index in [1.165, 1.54) is 18.2 Å². The lowest BCUT2D eigenvalue weighted by Crippen LogP contribution is -2.56. The Morgan fingerprint density at radius 2 is 1.79 bits per heavy atom. The molecule has 8 N–H and O–H groups in total. The van der Waals surface area contributed by atoms with Gasteiger partial charge in [-0.3, -0.25) is 9.59 Å². The van der Waals surface area contributed by atoms with Crippen LogP contribution >= 0.6 is 0 Å². The van der Waals surface area contributed by atoms with E-state index in [2.05, 4.69) is 5.32 Å². The number of aliphatic carboxylic acids is 1. The Labute approximate surface area is 166 Å². The summed E-state index contributed by atoms with van der Waals surface area (Å²) in [6.07, 6.45) is -3.54. The standard InChI is InChI=1S/C18H26N2O9/c1-9(21)18(28,10(2)22)17(27)29-8-11-7-12(23)3-5-14(11)20-15(24)6-4-13(19)16(25)26/h3,5,7,9-10,13,21-23,28H,4,6,8,19H2,1-2H3,(H,20,24)(H,25,26)/t9-,10-,13-/m0/s1. The Kier molecular flexibility index (Phi) is 8.52. The van der Waals surface area contributed by atoms with E-state index in [1.54, 1.807) is 0 Å². The van der Waals surface area contributed by atoms with Gasteiger partial charge < -0.3 is 41.3 Å². The molecule has 1 aromatic carbocycles. The van der Waals surface area contributed by atoms with Crippen molar-refractivity contribution in [1.29, 1.82) is 0 Å². The molecule has 11 heteroatoms. The number of carbonyl (C=O) groups excluding carboxylic acids is 2. The SMILES string of the molecule is C[C@H](O)C(O)(C(=O)OCc1cc(O)ccc1NC(=O)CC[C@H](N)C(=O)O)[C@H](C)O. The molecule has 0 aliphatic carbocycles. The number of carboxylic acid groups (broad SMARTS) is 1. The van der Waals surface area contributed by atoms with E-state index in [0.29, 0.717) is 0 Å². The number of nitrogens with two attached hydrogens (primary N) is 1. The first-order valence-electron chi connectivity index (χ1n) is 8.75. The molecular formula is C18H26N2O9. The summed E-state index contributed by atoms with van der Waals surface area (Å²) >= 11 is 0. The maximum Gasteiger partial charge on any atom is 0.343 e. The Balaban J connectivity index is 2.87. The lowest BCUT2D eigenvalue weighted by atomic mass is 9.92. The van der Waals surface area contributed by atoms with E-state index in [9.17, 15) is 34.8 Å². The number of esters is 1. The highest BCUT2D eigenvalue weighted by molar-refractivity contribution is 5.92. The first-order valence-corrected chi connectivity index (χ1v) is 8.75. The van der Waals surface area contributed by atoms with Crippen LogP contribution in [-0.4, -0.2) is 67.2 Å². The Morgan fingerprint density at radius 3 is 2.31 bits per heavy atom. The van der Waals surface area contributed by atoms with Crippen molar-refractivity contribution in [3.8, 4) is 5.75 Å². The summed E-state index contributed by atoms with van der Waals surface area (Å²) in [5.41, 5.74) is 3.11. The van der Waals surface area contributed by atoms with Crippen molar-refractivity contribution in [3.05, 3.63) is 23.8 Å². The second-order valence-corrected chi connectivity index (χ2v) is 6.63. The number of benzene rings is 1. The summed E-state index contributed by atoms with van der Waals surface area (Å²) in [6.45, 7) is 1.71. The number of aliphatic hydroxyl groups is 3. The van der Waals surface area contributed by atoms with Crippen LogP contribution < -0.4 is 11.1 Å². The molecule has 0 aliphatic rings. The monoisotopic (exact) mass is 414 g/mol. The normalized spacial score (nSPS) is 14.6. The summed E-state index contributed by atoms with van der Waals surface area (Å²) in [4.78, 5) is 34.9. The van der Waals surface area contributed by atoms with Gasteiger partial charge in [-0.15, -0.1) is 0 Å². The van der Waals surface area contributed by atoms with Gasteiger partial charge in [-0.25, -0.2) is 4.79 Å². The third kappa shape index (κ3) is 6.39. The minimum atomic E-state index is -2.56. The Bertz CT molecular complexity index is 741. The molecule has 0 saturated heterocycles. The fourth-order valence-electron chi connectivity index (χ4n) is 2.39. The van der Waals surface area contributed by atoms with Crippen LogP contribution in [0.5, 0.6) is 5.75 Å². The van der Waals surface area contributed by atoms with Crippen LogP contribution in [0.25, 0.3) is 0 Å². The van der Waals surface area contributed by atoms with Gasteiger partial charge in [-0.05, 0) is 38.5 Å². The number of hydrogen-bond acceptors (Lipinski definition) is 9. The van der Waals surface area contributed by atoms with Crippen LogP contribution in [0.4, 0.5) is 5.69 Å². The van der Waals surface area contributed by atoms with Crippen molar-refractivity contribution in [3.63, 3.8) is 0 Å². The van der Waals surface area contributed by atoms with Crippen LogP contribution in [0.3, 0.4) is 0 Å². The predicted molar refractivity (Wildman–Crippen MR) is 99.7 cm³/mol. The van der Waals surface area contributed by atoms with Crippen molar-refractivity contribution < 1.29 is 44.7 Å². The molecular weight excluding hydrogens is 388 g/mol. The quantitative estimate of drug-likeness (QED) is 0.185. The molecule has 3 atom stereocenters. The molecule has 1 amide bonds. The number of carbonyl (C=O) groups is 3. The molecule has 0 radical (unpaired) electrons. The summed E-state index contributed by atoms with van der Waals surface area (Å²) in [5.74, 6) is -3.28. The summed E-state index contributed by atoms with van der Waals surface area (Å²) in [7, 11) is 0. The van der Waals surface area contributed by atoms with Crippen LogP contribution in [0.2, 0.25) is 0 Å². The minimum Gasteiger partial charge on any atom is -0.508 e. The van der Waals surface area contributed by atoms with E-state index in [0.717, 1.165) is 13.8 Å². The van der Waals surface area contributed by atoms with Gasteiger partial charge in [0.1, 0.15) is 18.4 Å². The van der Waals surface area contributed by atoms with Gasteiger partial charge in [0.15, 0.2) is 0 Å². The van der Waals surface area contributed by atoms with E-state index in [-0.39, 0.29) is 29.8 Å². The Morgan fingerprint density at radius 1 is 1.21 bits per heavy atom. The molecule has 0 aliphatic heterocycles. The zero-order valence-electron chi connectivity index (χ0n) is 16.0. The van der Waals surface area contributed by atoms with Crippen molar-refractivity contribution in [2.45, 2.75) is 57.1 Å². The number of rotatable bonds is 10. The molecule has 0 spiro atoms. The lowest BCUT2D eigenvalue weighted by Gasteiger charge is -2.31. The van der Waals surface area contributed by atoms with Gasteiger partial charge in [0.25, 0.3) is 0 Å². The smallest absolute Gasteiger partial charge is 0.343 e. The topological polar surface area (TPSA) is 200 Å². The second-order valence-electron chi connectivity index (χ2n) is 6.63. The summed E-state index contributed by atoms with van der Waals surface area (Å²) in [5, 5.41) is 50.3. The number of aliphatic hydroxyl groups excluding tert-OH is 2. The number of amides is 1. The van der Waals surface area contributed by atoms with Gasteiger partial charge in [0.05, 0.1) is 12.2 Å². The molecule has 0 saturated carbocycles. The third-order valence-electron chi connectivity index (χ3n) is 4.32. The van der Waals surface area contributed by atoms with Crippen LogP contribution in [0, 0.1) is 0 Å². The predicted octanol–water partition coefficient (Wildman–Crippen LogP) is -0.941. The van der Waals surface area contributed by atoms with Gasteiger partial charge in [0, 0.05) is 17.7 Å². The van der Waals surface area contributed by atoms with Crippen molar-refractivity contribution in [2.24, 2.45) is 5.73 Å². The molecule has 29 heavy (non-hydrogen) atoms. The molecule has 0 unspecified atom stereocenters. The van der Waals surface area contributed by atoms with E-state index in [1.807, 2.05) is 0 Å². The number of anilines is 1. The highest BCUT2D eigenvalue weighted by Crippen LogP contribution is 2.24. The highest BCUT2D eigenvalue weighted by atomic mass is 16.6. The average Bonchev–Trinajstić information content (AvgIpc) is 2.64. The molecule has 1 rings (SSSR count). The summed E-state index contributed by atoms with van der Waals surface area (Å²) in [6, 6.07) is 2.62. The van der Waals surface area contributed by atoms with Gasteiger partial charge >= 0.3 is 11.9 Å². The number of carboxylic acids is 1. The van der Waals surface area contributed by atoms with E-state index < -0.39 is 48.3 Å². The lowest BCUT2D eigenvalue weighted by molar-refractivity contribution is -0.195. The maximum absolute atomic E-state index is 12.2. The molecule has 1 aromatic rings. The number of nitrogens with one attached hydrogen (secondary N) is 1. The van der Waals surface area contributed by atoms with E-state index >= 15 is 0 Å². The van der Waals surface area contributed by atoms with Crippen molar-refractivity contribution in [2.75, 3.05) is 5.32 Å². The number of aromatic hydroxyl groups is 1. The first-order chi connectivity index (χ1) is 13.4. The van der Waals surface area contributed by atoms with Crippen molar-refractivity contribution >= 4 is 23.5 Å². The number of ether oxygens (including phenoxy) is 1. The fraction of sp³-hybridized carbons (Fsp3) is 0.500. The Hall–Kier alpha value is -2.73. The molecule has 11 nitrogen and oxygen atoms in total. The van der Waals surface area contributed by atoms with Gasteiger partial charge in [-0.2, -0.15) is 0 Å². The fourth-order valence-corrected chi connectivity index (χ4v) is 2.39. The van der Waals surface area contributed by atoms with Crippen LogP contribution in [0.15, 0.2) is 18.2 Å². The maximum atomic E-state index is 12.2. The zero-order chi connectivity index (χ0) is 22.4. The summed E-state index contributed by atoms with van der Waals surface area (Å²) < 4.78 is 4.95. The highest BCUT2D eigenvalue weighted by Gasteiger charge is 2.47. The van der Waals surface area contributed by atoms with Crippen molar-refractivity contribution in [1.82, 2.24) is 0 Å². The minimum absolute atomic E-state index is 0.0978. The number of phenolic OH excluding ortho intramolecular Hbond substituents is 1. The first kappa shape index (κ1) is 24.3. The molecule has 0 aromatic heterocycles. The zero-order valence-corrected chi connectivity index (χ0v) is 16.0. The number of hydrogen-bond donors (Lipinski definition) is 7. The largest absolute Gasteiger partial charge is 0.508 e. The number of phenols is 1.